The Balaban J connectivity index is 0.896. The number of rotatable bonds is 7. The Kier molecular flexibility index (Phi) is 4.83. The molecule has 3 saturated heterocycles. The summed E-state index contributed by atoms with van der Waals surface area (Å²) in [6.45, 7) is 2.68. The van der Waals surface area contributed by atoms with Gasteiger partial charge in [0.15, 0.2) is 5.60 Å². The van der Waals surface area contributed by atoms with Gasteiger partial charge in [-0.3, -0.25) is 10.1 Å². The predicted octanol–water partition coefficient (Wildman–Crippen LogP) is 2.74. The summed E-state index contributed by atoms with van der Waals surface area (Å²) in [6.07, 6.45) is 1.65. The van der Waals surface area contributed by atoms with Crippen LogP contribution in [0.1, 0.15) is 45.4 Å². The molecule has 0 amide bonds. The number of ether oxygens (including phenoxy) is 6. The summed E-state index contributed by atoms with van der Waals surface area (Å²) in [5.41, 5.74) is -0.663. The zero-order valence-electron chi connectivity index (χ0n) is 21.8. The third kappa shape index (κ3) is 2.89. The minimum absolute atomic E-state index is 0.103. The van der Waals surface area contributed by atoms with Gasteiger partial charge in [-0.2, -0.15) is 0 Å². The van der Waals surface area contributed by atoms with Crippen LogP contribution in [-0.4, -0.2) is 76.6 Å². The number of nitro groups is 1. The molecular weight excluding hydrogens is 526 g/mol. The molecule has 12 heteroatoms. The molecule has 1 N–H and O–H groups in total. The normalized spacial score (nSPS) is 44.5. The number of hydrogen-bond donors (Lipinski definition) is 1. The fraction of sp³-hybridized carbons (Fsp3) is 0.643. The number of aliphatic hydroxyl groups excluding tert-OH is 1. The Hall–Kier alpha value is -3.06. The second kappa shape index (κ2) is 7.81. The first-order valence-corrected chi connectivity index (χ1v) is 13.9. The number of non-ortho nitro benzene ring substituents is 1. The van der Waals surface area contributed by atoms with Crippen LogP contribution in [0.2, 0.25) is 0 Å². The van der Waals surface area contributed by atoms with Crippen molar-refractivity contribution in [3.8, 4) is 5.75 Å². The number of aliphatic hydroxyl groups is 1. The van der Waals surface area contributed by atoms with Crippen LogP contribution in [0.5, 0.6) is 5.75 Å². The molecule has 1 aromatic carbocycles. The lowest BCUT2D eigenvalue weighted by Gasteiger charge is -2.53. The average Bonchev–Trinajstić information content (AvgIpc) is 3.85. The second-order valence-electron chi connectivity index (χ2n) is 12.3. The van der Waals surface area contributed by atoms with Gasteiger partial charge in [-0.1, -0.05) is 6.92 Å². The maximum Gasteiger partial charge on any atom is 0.513 e. The van der Waals surface area contributed by atoms with Gasteiger partial charge in [0.05, 0.1) is 17.6 Å². The largest absolute Gasteiger partial charge is 0.513 e. The number of hydrogen-bond acceptors (Lipinski definition) is 11. The number of fused-ring (bicyclic) bond motifs is 4. The van der Waals surface area contributed by atoms with Crippen LogP contribution in [0.25, 0.3) is 0 Å². The smallest absolute Gasteiger partial charge is 0.458 e. The van der Waals surface area contributed by atoms with Gasteiger partial charge in [-0.25, -0.2) is 9.59 Å². The maximum atomic E-state index is 12.2. The van der Waals surface area contributed by atoms with Gasteiger partial charge < -0.3 is 33.5 Å². The lowest BCUT2D eigenvalue weighted by molar-refractivity contribution is -0.384. The summed E-state index contributed by atoms with van der Waals surface area (Å²) >= 11 is 0. The Labute approximate surface area is 228 Å². The summed E-state index contributed by atoms with van der Waals surface area (Å²) in [7, 11) is 0. The summed E-state index contributed by atoms with van der Waals surface area (Å²) in [5, 5.41) is 22.5. The molecule has 4 heterocycles. The van der Waals surface area contributed by atoms with E-state index < -0.39 is 34.0 Å². The van der Waals surface area contributed by atoms with E-state index >= 15 is 0 Å². The molecule has 1 aromatic rings. The molecule has 5 fully saturated rings. The topological polar surface area (TPSA) is 163 Å². The quantitative estimate of drug-likeness (QED) is 0.131. The van der Waals surface area contributed by atoms with Gasteiger partial charge in [0.2, 0.25) is 0 Å². The zero-order valence-corrected chi connectivity index (χ0v) is 21.8. The van der Waals surface area contributed by atoms with E-state index in [0.29, 0.717) is 32.3 Å². The van der Waals surface area contributed by atoms with E-state index in [1.807, 2.05) is 0 Å². The minimum Gasteiger partial charge on any atom is -0.458 e. The highest BCUT2D eigenvalue weighted by Crippen LogP contribution is 2.82. The van der Waals surface area contributed by atoms with Gasteiger partial charge in [0, 0.05) is 23.1 Å². The van der Waals surface area contributed by atoms with E-state index in [2.05, 4.69) is 6.92 Å². The molecule has 7 aliphatic rings. The Morgan fingerprint density at radius 3 is 2.75 bits per heavy atom. The Morgan fingerprint density at radius 1 is 1.18 bits per heavy atom. The van der Waals surface area contributed by atoms with E-state index in [4.69, 9.17) is 28.4 Å². The van der Waals surface area contributed by atoms with Gasteiger partial charge in [-0.15, -0.1) is 0 Å². The van der Waals surface area contributed by atoms with Crippen LogP contribution in [0.4, 0.5) is 10.5 Å². The van der Waals surface area contributed by atoms with E-state index in [1.165, 1.54) is 24.3 Å². The Bertz CT molecular complexity index is 1380. The van der Waals surface area contributed by atoms with E-state index in [1.54, 1.807) is 0 Å². The van der Waals surface area contributed by atoms with Gasteiger partial charge >= 0.3 is 12.1 Å². The van der Waals surface area contributed by atoms with Crippen LogP contribution in [0, 0.1) is 21.4 Å². The van der Waals surface area contributed by atoms with Crippen LogP contribution in [-0.2, 0) is 28.5 Å². The number of nitrogens with zero attached hydrogens (tertiary/aromatic N) is 1. The molecule has 0 radical (unpaired) electrons. The first-order chi connectivity index (χ1) is 19.2. The molecule has 8 rings (SSSR count). The number of nitro benzene ring substituents is 1. The van der Waals surface area contributed by atoms with Crippen LogP contribution >= 0.6 is 0 Å². The molecule has 2 saturated carbocycles. The van der Waals surface area contributed by atoms with Gasteiger partial charge in [0.25, 0.3) is 5.69 Å². The number of cyclic esters (lactones) is 1. The number of benzene rings is 1. The van der Waals surface area contributed by atoms with Crippen molar-refractivity contribution in [3.05, 3.63) is 45.5 Å². The molecule has 9 atom stereocenters. The maximum absolute atomic E-state index is 12.2. The standard InChI is InChI=1S/C28H29NO11/c1-25-10-8-16-17(13-36-22(16)30)18(25)12-19-27(38-19)23(31)26(20(39-26)21-28(25,27)40-21)9-2-3-11-35-24(32)37-15-6-4-14(5-7-15)29(33)34/h4-7,18-21,23,31H,2-3,8-13H2,1H3/t18?,19-,20-,21-,23+,25-,26-,27+,28+/m0/s1. The number of carbonyl (C=O) groups excluding carboxylic acids is 2. The number of epoxide rings is 3. The molecule has 0 aromatic heterocycles. The summed E-state index contributed by atoms with van der Waals surface area (Å²) in [6, 6.07) is 5.15. The first-order valence-electron chi connectivity index (χ1n) is 13.9. The number of unbranched alkanes of at least 4 members (excludes halogenated alkanes) is 1. The second-order valence-corrected chi connectivity index (χ2v) is 12.3. The highest BCUT2D eigenvalue weighted by atomic mass is 16.7. The van der Waals surface area contributed by atoms with Crippen LogP contribution in [0.15, 0.2) is 35.4 Å². The Morgan fingerprint density at radius 2 is 1.98 bits per heavy atom. The van der Waals surface area contributed by atoms with Crippen molar-refractivity contribution >= 4 is 17.8 Å². The van der Waals surface area contributed by atoms with Crippen LogP contribution in [0.3, 0.4) is 0 Å². The molecule has 40 heavy (non-hydrogen) atoms. The highest BCUT2D eigenvalue weighted by Gasteiger charge is 3.00. The van der Waals surface area contributed by atoms with Crippen molar-refractivity contribution in [2.24, 2.45) is 11.3 Å². The molecular formula is C28H29NO11. The molecule has 2 spiro atoms. The lowest BCUT2D eigenvalue weighted by Crippen LogP contribution is -2.68. The third-order valence-electron chi connectivity index (χ3n) is 10.7. The van der Waals surface area contributed by atoms with E-state index in [-0.39, 0.29) is 53.7 Å². The van der Waals surface area contributed by atoms with Gasteiger partial charge in [0.1, 0.15) is 41.9 Å². The fourth-order valence-corrected chi connectivity index (χ4v) is 8.74. The number of esters is 1. The molecule has 12 nitrogen and oxygen atoms in total. The summed E-state index contributed by atoms with van der Waals surface area (Å²) in [5.74, 6) is 0.0732. The summed E-state index contributed by atoms with van der Waals surface area (Å²) < 4.78 is 34.8. The SMILES string of the molecule is C[C@]12CCC3=C(COC3=O)C1C[C@@H]1O[C@@]13[C@H](O)[C@@]1(CCCCOC(=O)Oc4ccc([N+](=O)[O-])cc4)O[C@H]1[C@@H]1O[C@@]132. The minimum atomic E-state index is -0.889. The highest BCUT2D eigenvalue weighted by molar-refractivity contribution is 5.92. The van der Waals surface area contributed by atoms with Crippen molar-refractivity contribution in [3.63, 3.8) is 0 Å². The van der Waals surface area contributed by atoms with Crippen molar-refractivity contribution in [1.82, 2.24) is 0 Å². The van der Waals surface area contributed by atoms with Crippen molar-refractivity contribution in [2.75, 3.05) is 13.2 Å². The molecule has 212 valence electrons. The van der Waals surface area contributed by atoms with Crippen molar-refractivity contribution in [1.29, 1.82) is 0 Å². The molecule has 0 bridgehead atoms. The molecule has 1 unspecified atom stereocenters. The molecule has 3 aliphatic carbocycles. The molecule has 4 aliphatic heterocycles. The van der Waals surface area contributed by atoms with E-state index in [9.17, 15) is 24.8 Å². The van der Waals surface area contributed by atoms with Crippen molar-refractivity contribution < 1.29 is 48.0 Å². The monoisotopic (exact) mass is 555 g/mol. The third-order valence-corrected chi connectivity index (χ3v) is 10.7. The van der Waals surface area contributed by atoms with E-state index in [0.717, 1.165) is 24.0 Å². The van der Waals surface area contributed by atoms with Gasteiger partial charge in [-0.05, 0) is 62.1 Å². The van der Waals surface area contributed by atoms with Crippen molar-refractivity contribution in [2.45, 2.75) is 86.7 Å². The summed E-state index contributed by atoms with van der Waals surface area (Å²) in [4.78, 5) is 34.4. The first kappa shape index (κ1) is 24.7. The predicted molar refractivity (Wildman–Crippen MR) is 131 cm³/mol. The fourth-order valence-electron chi connectivity index (χ4n) is 8.74. The number of carbonyl (C=O) groups is 2. The average molecular weight is 556 g/mol. The zero-order chi connectivity index (χ0) is 27.7. The lowest BCUT2D eigenvalue weighted by atomic mass is 9.47. The van der Waals surface area contributed by atoms with Crippen LogP contribution < -0.4 is 4.74 Å².